The first kappa shape index (κ1) is 26.9. The summed E-state index contributed by atoms with van der Waals surface area (Å²) >= 11 is 0. The number of nitrogens with one attached hydrogen (secondary N) is 3. The number of hydrogen-bond donors (Lipinski definition) is 3. The van der Waals surface area contributed by atoms with Crippen LogP contribution >= 0.6 is 0 Å². The molecule has 0 aliphatic carbocycles. The van der Waals surface area contributed by atoms with Crippen LogP contribution in [-0.4, -0.2) is 42.2 Å². The van der Waals surface area contributed by atoms with Crippen LogP contribution in [0.25, 0.3) is 5.69 Å². The Hall–Kier alpha value is -3.65. The summed E-state index contributed by atoms with van der Waals surface area (Å²) < 4.78 is 7.49. The lowest BCUT2D eigenvalue weighted by atomic mass is 9.93. The minimum Gasteiger partial charge on any atom is -0.492 e. The quantitative estimate of drug-likeness (QED) is 0.352. The number of amides is 1. The molecule has 1 amide bonds. The molecule has 3 aromatic rings. The molecule has 0 saturated heterocycles. The predicted molar refractivity (Wildman–Crippen MR) is 144 cm³/mol. The molecule has 0 bridgehead atoms. The van der Waals surface area contributed by atoms with Crippen LogP contribution in [-0.2, 0) is 5.54 Å². The lowest BCUT2D eigenvalue weighted by molar-refractivity contribution is 0.0949. The topological polar surface area (TPSA) is 97.3 Å². The van der Waals surface area contributed by atoms with E-state index in [-0.39, 0.29) is 17.3 Å². The van der Waals surface area contributed by atoms with Crippen molar-refractivity contribution >= 4 is 11.7 Å². The zero-order valence-electron chi connectivity index (χ0n) is 22.0. The van der Waals surface area contributed by atoms with E-state index in [1.807, 2.05) is 72.0 Å². The number of anilines is 1. The lowest BCUT2D eigenvalue weighted by Gasteiger charge is -2.29. The zero-order chi connectivity index (χ0) is 26.3. The van der Waals surface area contributed by atoms with Gasteiger partial charge in [-0.1, -0.05) is 38.1 Å². The van der Waals surface area contributed by atoms with Gasteiger partial charge in [-0.2, -0.15) is 0 Å². The smallest absolute Gasteiger partial charge is 0.297 e. The number of hydrogen-bond acceptors (Lipinski definition) is 6. The molecule has 192 valence electrons. The Balaban J connectivity index is 1.93. The second kappa shape index (κ2) is 11.9. The van der Waals surface area contributed by atoms with Gasteiger partial charge in [-0.25, -0.2) is 4.98 Å². The van der Waals surface area contributed by atoms with E-state index in [4.69, 9.17) is 4.74 Å². The Labute approximate surface area is 213 Å². The molecule has 3 rings (SSSR count). The molecule has 0 radical (unpaired) electrons. The highest BCUT2D eigenvalue weighted by Gasteiger charge is 2.26. The van der Waals surface area contributed by atoms with Gasteiger partial charge in [0.25, 0.3) is 11.5 Å². The number of rotatable bonds is 11. The molecule has 0 saturated carbocycles. The highest BCUT2D eigenvalue weighted by Crippen LogP contribution is 2.31. The van der Waals surface area contributed by atoms with Crippen LogP contribution in [0.1, 0.15) is 49.2 Å². The molecular formula is C28H37N5O3. The normalized spacial score (nSPS) is 11.4. The van der Waals surface area contributed by atoms with E-state index in [9.17, 15) is 9.59 Å². The van der Waals surface area contributed by atoms with Gasteiger partial charge >= 0.3 is 0 Å². The van der Waals surface area contributed by atoms with E-state index in [2.05, 4.69) is 20.9 Å². The average Bonchev–Trinajstić information content (AvgIpc) is 2.84. The van der Waals surface area contributed by atoms with Gasteiger partial charge in [-0.15, -0.1) is 0 Å². The standard InChI is InChI=1S/C28H37N5O3/c1-19(2)18-31-26(34)21-12-11-20(3)23(17-21)33-15-13-30-25(27(33)35)32-28(4,5)22-9-7-8-10-24(22)36-16-14-29-6/h7-13,15,17,19,29H,14,16,18H2,1-6H3,(H,30,32)(H,31,34). The number of carbonyl (C=O) groups is 1. The Kier molecular flexibility index (Phi) is 8.88. The molecule has 0 aliphatic rings. The van der Waals surface area contributed by atoms with Crippen molar-refractivity contribution in [3.63, 3.8) is 0 Å². The first-order valence-electron chi connectivity index (χ1n) is 12.3. The maximum Gasteiger partial charge on any atom is 0.297 e. The molecule has 3 N–H and O–H groups in total. The fourth-order valence-corrected chi connectivity index (χ4v) is 3.83. The summed E-state index contributed by atoms with van der Waals surface area (Å²) in [6.45, 7) is 11.8. The minimum atomic E-state index is -0.644. The van der Waals surface area contributed by atoms with Gasteiger partial charge in [0.05, 0.1) is 11.2 Å². The number of aromatic nitrogens is 2. The molecule has 36 heavy (non-hydrogen) atoms. The van der Waals surface area contributed by atoms with Crippen LogP contribution in [0.2, 0.25) is 0 Å². The first-order chi connectivity index (χ1) is 17.1. The number of ether oxygens (including phenoxy) is 1. The summed E-state index contributed by atoms with van der Waals surface area (Å²) in [4.78, 5) is 30.5. The average molecular weight is 492 g/mol. The van der Waals surface area contributed by atoms with Gasteiger partial charge < -0.3 is 20.7 Å². The number of likely N-dealkylation sites (N-methyl/N-ethyl adjacent to an activating group) is 1. The second-order valence-electron chi connectivity index (χ2n) is 9.75. The van der Waals surface area contributed by atoms with Gasteiger partial charge in [0.1, 0.15) is 12.4 Å². The summed E-state index contributed by atoms with van der Waals surface area (Å²) in [7, 11) is 1.88. The van der Waals surface area contributed by atoms with Gasteiger partial charge in [0.15, 0.2) is 5.82 Å². The van der Waals surface area contributed by atoms with Crippen molar-refractivity contribution in [2.45, 2.75) is 40.2 Å². The van der Waals surface area contributed by atoms with Crippen LogP contribution < -0.4 is 26.2 Å². The molecule has 0 atom stereocenters. The number of benzene rings is 2. The summed E-state index contributed by atoms with van der Waals surface area (Å²) in [6.07, 6.45) is 3.20. The molecule has 2 aromatic carbocycles. The Morgan fingerprint density at radius 1 is 1.17 bits per heavy atom. The monoisotopic (exact) mass is 491 g/mol. The van der Waals surface area contributed by atoms with Crippen LogP contribution in [0, 0.1) is 12.8 Å². The molecule has 1 heterocycles. The summed E-state index contributed by atoms with van der Waals surface area (Å²) in [5, 5.41) is 9.32. The third-order valence-electron chi connectivity index (χ3n) is 5.84. The summed E-state index contributed by atoms with van der Waals surface area (Å²) in [6, 6.07) is 13.1. The van der Waals surface area contributed by atoms with Crippen molar-refractivity contribution in [3.8, 4) is 11.4 Å². The molecule has 0 aliphatic heterocycles. The van der Waals surface area contributed by atoms with Crippen LogP contribution in [0.5, 0.6) is 5.75 Å². The molecular weight excluding hydrogens is 454 g/mol. The summed E-state index contributed by atoms with van der Waals surface area (Å²) in [5.41, 5.74) is 1.98. The second-order valence-corrected chi connectivity index (χ2v) is 9.75. The Bertz CT molecular complexity index is 1250. The van der Waals surface area contributed by atoms with Gasteiger partial charge in [0, 0.05) is 36.6 Å². The number of carbonyl (C=O) groups excluding carboxylic acids is 1. The van der Waals surface area contributed by atoms with Crippen LogP contribution in [0.4, 0.5) is 5.82 Å². The van der Waals surface area contributed by atoms with E-state index < -0.39 is 5.54 Å². The highest BCUT2D eigenvalue weighted by molar-refractivity contribution is 5.94. The molecule has 0 fully saturated rings. The molecule has 0 spiro atoms. The first-order valence-corrected chi connectivity index (χ1v) is 12.3. The van der Waals surface area contributed by atoms with E-state index in [0.29, 0.717) is 30.3 Å². The van der Waals surface area contributed by atoms with Crippen molar-refractivity contribution in [3.05, 3.63) is 81.9 Å². The van der Waals surface area contributed by atoms with E-state index in [1.54, 1.807) is 24.5 Å². The van der Waals surface area contributed by atoms with Crippen molar-refractivity contribution in [2.75, 3.05) is 32.1 Å². The number of para-hydroxylation sites is 1. The van der Waals surface area contributed by atoms with Gasteiger partial charge in [-0.3, -0.25) is 14.2 Å². The van der Waals surface area contributed by atoms with Crippen molar-refractivity contribution in [1.29, 1.82) is 0 Å². The predicted octanol–water partition coefficient (Wildman–Crippen LogP) is 3.87. The van der Waals surface area contributed by atoms with Gasteiger partial charge in [0.2, 0.25) is 0 Å². The third-order valence-corrected chi connectivity index (χ3v) is 5.84. The molecule has 0 unspecified atom stereocenters. The lowest BCUT2D eigenvalue weighted by Crippen LogP contribution is -2.34. The SMILES string of the molecule is CNCCOc1ccccc1C(C)(C)Nc1nccn(-c2cc(C(=O)NCC(C)C)ccc2C)c1=O. The fraction of sp³-hybridized carbons (Fsp3) is 0.393. The fourth-order valence-electron chi connectivity index (χ4n) is 3.83. The third kappa shape index (κ3) is 6.51. The van der Waals surface area contributed by atoms with Crippen molar-refractivity contribution in [1.82, 2.24) is 20.2 Å². The van der Waals surface area contributed by atoms with Crippen LogP contribution in [0.3, 0.4) is 0 Å². The minimum absolute atomic E-state index is 0.165. The van der Waals surface area contributed by atoms with Gasteiger partial charge in [-0.05, 0) is 57.5 Å². The van der Waals surface area contributed by atoms with E-state index in [0.717, 1.165) is 23.4 Å². The zero-order valence-corrected chi connectivity index (χ0v) is 22.0. The van der Waals surface area contributed by atoms with E-state index in [1.165, 1.54) is 4.57 Å². The highest BCUT2D eigenvalue weighted by atomic mass is 16.5. The largest absolute Gasteiger partial charge is 0.492 e. The number of aryl methyl sites for hydroxylation is 1. The maximum absolute atomic E-state index is 13.5. The Morgan fingerprint density at radius 3 is 2.64 bits per heavy atom. The molecule has 8 nitrogen and oxygen atoms in total. The summed E-state index contributed by atoms with van der Waals surface area (Å²) in [5.74, 6) is 1.14. The van der Waals surface area contributed by atoms with E-state index >= 15 is 0 Å². The molecule has 1 aromatic heterocycles. The van der Waals surface area contributed by atoms with Crippen LogP contribution in [0.15, 0.2) is 59.7 Å². The molecule has 8 heteroatoms. The van der Waals surface area contributed by atoms with Crippen molar-refractivity contribution in [2.24, 2.45) is 5.92 Å². The Morgan fingerprint density at radius 2 is 1.92 bits per heavy atom. The number of nitrogens with zero attached hydrogens (tertiary/aromatic N) is 2. The van der Waals surface area contributed by atoms with Crippen molar-refractivity contribution < 1.29 is 9.53 Å². The maximum atomic E-state index is 13.5.